The number of carbonyl (C=O) groups excluding carboxylic acids is 1. The molecule has 1 aromatic rings. The fourth-order valence-corrected chi connectivity index (χ4v) is 0.552. The Kier molecular flexibility index (Phi) is 1.64. The van der Waals surface area contributed by atoms with Crippen LogP contribution in [0, 0.1) is 0 Å². The molecule has 0 unspecified atom stereocenters. The van der Waals surface area contributed by atoms with Crippen molar-refractivity contribution in [3.63, 3.8) is 0 Å². The molecule has 1 rings (SSSR count). The Morgan fingerprint density at radius 3 is 2.73 bits per heavy atom. The van der Waals surface area contributed by atoms with E-state index in [-0.39, 0.29) is 23.2 Å². The molecule has 0 saturated carbocycles. The molecule has 58 valence electrons. The van der Waals surface area contributed by atoms with E-state index in [2.05, 4.69) is 15.3 Å². The van der Waals surface area contributed by atoms with Crippen LogP contribution in [0.3, 0.4) is 0 Å². The average molecular weight is 174 g/mol. The molecule has 0 aliphatic rings. The Labute approximate surface area is 71.4 Å². The van der Waals surface area contributed by atoms with Crippen molar-refractivity contribution in [3.8, 4) is 0 Å². The van der Waals surface area contributed by atoms with Gasteiger partial charge in [0.15, 0.2) is 0 Å². The van der Waals surface area contributed by atoms with Gasteiger partial charge in [-0.15, -0.1) is 0 Å². The highest BCUT2D eigenvalue weighted by Gasteiger charge is 2.04. The molecule has 0 fully saturated rings. The molecule has 1 aromatic heterocycles. The SMILES string of the molecule is [2H]c1nc(C(=O)NC)nc([2H])c1Cl. The zero-order chi connectivity index (χ0) is 10.0. The number of nitrogens with one attached hydrogen (secondary N) is 1. The highest BCUT2D eigenvalue weighted by atomic mass is 35.5. The summed E-state index contributed by atoms with van der Waals surface area (Å²) in [5.41, 5.74) is 0. The van der Waals surface area contributed by atoms with Crippen LogP contribution in [0.5, 0.6) is 0 Å². The molecular formula is C6H6ClN3O. The average Bonchev–Trinajstić information content (AvgIpc) is 2.12. The second kappa shape index (κ2) is 3.30. The van der Waals surface area contributed by atoms with Crippen molar-refractivity contribution in [3.05, 3.63) is 23.2 Å². The molecule has 1 amide bonds. The predicted octanol–water partition coefficient (Wildman–Crippen LogP) is 0.490. The summed E-state index contributed by atoms with van der Waals surface area (Å²) in [5.74, 6) is -0.763. The number of halogens is 1. The van der Waals surface area contributed by atoms with Gasteiger partial charge in [0.2, 0.25) is 5.82 Å². The van der Waals surface area contributed by atoms with Crippen LogP contribution in [0.25, 0.3) is 0 Å². The van der Waals surface area contributed by atoms with Crippen molar-refractivity contribution in [2.45, 2.75) is 0 Å². The third-order valence-electron chi connectivity index (χ3n) is 0.950. The summed E-state index contributed by atoms with van der Waals surface area (Å²) in [6, 6.07) is 0. The van der Waals surface area contributed by atoms with E-state index in [1.54, 1.807) is 0 Å². The smallest absolute Gasteiger partial charge is 0.288 e. The first-order valence-corrected chi connectivity index (χ1v) is 3.17. The Morgan fingerprint density at radius 1 is 1.73 bits per heavy atom. The molecule has 11 heavy (non-hydrogen) atoms. The number of rotatable bonds is 1. The van der Waals surface area contributed by atoms with Crippen molar-refractivity contribution in [2.75, 3.05) is 7.05 Å². The van der Waals surface area contributed by atoms with Crippen LogP contribution in [-0.4, -0.2) is 22.9 Å². The Hall–Kier alpha value is -1.16. The largest absolute Gasteiger partial charge is 0.352 e. The summed E-state index contributed by atoms with van der Waals surface area (Å²) < 4.78 is 14.4. The number of carbonyl (C=O) groups is 1. The Bertz CT molecular complexity index is 335. The monoisotopic (exact) mass is 173 g/mol. The van der Waals surface area contributed by atoms with Crippen molar-refractivity contribution in [1.82, 2.24) is 15.3 Å². The normalized spacial score (nSPS) is 11.8. The van der Waals surface area contributed by atoms with E-state index in [1.165, 1.54) is 7.05 Å². The van der Waals surface area contributed by atoms with Gasteiger partial charge in [-0.25, -0.2) is 9.97 Å². The van der Waals surface area contributed by atoms with Gasteiger partial charge in [0, 0.05) is 19.4 Å². The molecule has 5 heteroatoms. The topological polar surface area (TPSA) is 54.9 Å². The van der Waals surface area contributed by atoms with Gasteiger partial charge in [0.25, 0.3) is 5.91 Å². The van der Waals surface area contributed by atoms with Gasteiger partial charge in [-0.05, 0) is 0 Å². The summed E-state index contributed by atoms with van der Waals surface area (Å²) in [6.45, 7) is 0. The van der Waals surface area contributed by atoms with Gasteiger partial charge in [-0.3, -0.25) is 4.79 Å². The van der Waals surface area contributed by atoms with Gasteiger partial charge < -0.3 is 5.32 Å². The lowest BCUT2D eigenvalue weighted by molar-refractivity contribution is 0.0953. The number of nitrogens with zero attached hydrogens (tertiary/aromatic N) is 2. The van der Waals surface area contributed by atoms with Crippen molar-refractivity contribution < 1.29 is 7.54 Å². The van der Waals surface area contributed by atoms with Crippen LogP contribution in [0.2, 0.25) is 5.02 Å². The quantitative estimate of drug-likeness (QED) is 0.673. The zero-order valence-corrected chi connectivity index (χ0v) is 6.44. The molecule has 0 spiro atoms. The van der Waals surface area contributed by atoms with E-state index in [4.69, 9.17) is 14.3 Å². The fourth-order valence-electron chi connectivity index (χ4n) is 0.467. The maximum atomic E-state index is 11.0. The van der Waals surface area contributed by atoms with Crippen molar-refractivity contribution in [2.24, 2.45) is 0 Å². The van der Waals surface area contributed by atoms with Crippen molar-refractivity contribution >= 4 is 17.5 Å². The minimum atomic E-state index is -0.543. The summed E-state index contributed by atoms with van der Waals surface area (Å²) in [4.78, 5) is 18.0. The van der Waals surface area contributed by atoms with E-state index >= 15 is 0 Å². The number of aromatic nitrogens is 2. The highest BCUT2D eigenvalue weighted by Crippen LogP contribution is 2.02. The van der Waals surface area contributed by atoms with E-state index in [1.807, 2.05) is 0 Å². The van der Waals surface area contributed by atoms with Crippen molar-refractivity contribution in [1.29, 1.82) is 0 Å². The summed E-state index contributed by atoms with van der Waals surface area (Å²) >= 11 is 5.47. The molecule has 1 heterocycles. The van der Waals surface area contributed by atoms with Crippen LogP contribution in [-0.2, 0) is 0 Å². The second-order valence-corrected chi connectivity index (χ2v) is 2.04. The summed E-state index contributed by atoms with van der Waals surface area (Å²) in [6.07, 6.45) is -0.638. The Morgan fingerprint density at radius 2 is 2.27 bits per heavy atom. The van der Waals surface area contributed by atoms with Gasteiger partial charge in [-0.2, -0.15) is 0 Å². The molecule has 0 aromatic carbocycles. The minimum Gasteiger partial charge on any atom is -0.352 e. The molecule has 0 bridgehead atoms. The molecular weight excluding hydrogens is 166 g/mol. The standard InChI is InChI=1S/C6H6ClN3O/c1-8-6(11)5-9-2-4(7)3-10-5/h2-3H,1H3,(H,8,11)/i2D,3D. The molecule has 0 aliphatic heterocycles. The molecule has 0 radical (unpaired) electrons. The second-order valence-electron chi connectivity index (χ2n) is 1.66. The molecule has 1 N–H and O–H groups in total. The van der Waals surface area contributed by atoms with Crippen LogP contribution in [0.15, 0.2) is 12.3 Å². The van der Waals surface area contributed by atoms with Gasteiger partial charge in [0.05, 0.1) is 7.76 Å². The first kappa shape index (κ1) is 5.49. The van der Waals surface area contributed by atoms with Gasteiger partial charge >= 0.3 is 0 Å². The third-order valence-corrected chi connectivity index (χ3v) is 1.12. The first-order valence-electron chi connectivity index (χ1n) is 3.79. The first-order chi connectivity index (χ1) is 6.06. The predicted molar refractivity (Wildman–Crippen MR) is 40.4 cm³/mol. The number of amides is 1. The minimum absolute atomic E-state index is 0.160. The van der Waals surface area contributed by atoms with Gasteiger partial charge in [-0.1, -0.05) is 11.6 Å². The van der Waals surface area contributed by atoms with E-state index in [0.29, 0.717) is 0 Å². The number of hydrogen-bond donors (Lipinski definition) is 1. The summed E-state index contributed by atoms with van der Waals surface area (Å²) in [5, 5.41) is 2.12. The molecule has 0 saturated heterocycles. The van der Waals surface area contributed by atoms with E-state index in [0.717, 1.165) is 0 Å². The summed E-state index contributed by atoms with van der Waals surface area (Å²) in [7, 11) is 1.41. The third kappa shape index (κ3) is 1.88. The Balaban J connectivity index is 3.20. The maximum absolute atomic E-state index is 11.0. The highest BCUT2D eigenvalue weighted by molar-refractivity contribution is 6.30. The molecule has 4 nitrogen and oxygen atoms in total. The fraction of sp³-hybridized carbons (Fsp3) is 0.167. The van der Waals surface area contributed by atoms with Crippen LogP contribution in [0.1, 0.15) is 13.4 Å². The van der Waals surface area contributed by atoms with Crippen LogP contribution >= 0.6 is 11.6 Å². The zero-order valence-electron chi connectivity index (χ0n) is 7.68. The lowest BCUT2D eigenvalue weighted by Gasteiger charge is -1.95. The van der Waals surface area contributed by atoms with Crippen LogP contribution in [0.4, 0.5) is 0 Å². The van der Waals surface area contributed by atoms with Crippen LogP contribution < -0.4 is 5.32 Å². The lowest BCUT2D eigenvalue weighted by atomic mass is 10.5. The number of hydrogen-bond acceptors (Lipinski definition) is 3. The maximum Gasteiger partial charge on any atom is 0.288 e. The molecule has 0 aliphatic carbocycles. The van der Waals surface area contributed by atoms with E-state index in [9.17, 15) is 4.79 Å². The molecule has 0 atom stereocenters. The van der Waals surface area contributed by atoms with Gasteiger partial charge in [0.1, 0.15) is 0 Å². The van der Waals surface area contributed by atoms with E-state index < -0.39 is 5.91 Å². The lowest BCUT2D eigenvalue weighted by Crippen LogP contribution is -2.20.